The molecule has 1 aromatic rings. The lowest BCUT2D eigenvalue weighted by Gasteiger charge is -2.33. The van der Waals surface area contributed by atoms with E-state index in [9.17, 15) is 4.79 Å². The zero-order valence-electron chi connectivity index (χ0n) is 8.63. The lowest BCUT2D eigenvalue weighted by atomic mass is 9.80. The molecular formula is C12H13ClO2. The molecule has 1 unspecified atom stereocenters. The first-order valence-corrected chi connectivity index (χ1v) is 5.40. The maximum atomic E-state index is 11.2. The lowest BCUT2D eigenvalue weighted by molar-refractivity contribution is -0.130. The number of hydrogen-bond donors (Lipinski definition) is 0. The zero-order chi connectivity index (χ0) is 10.9. The molecule has 0 bridgehead atoms. The molecular weight excluding hydrogens is 212 g/mol. The minimum atomic E-state index is -0.752. The summed E-state index contributed by atoms with van der Waals surface area (Å²) < 4.78 is 5.38. The van der Waals surface area contributed by atoms with Crippen LogP contribution in [0.25, 0.3) is 0 Å². The molecule has 1 aliphatic carbocycles. The highest BCUT2D eigenvalue weighted by atomic mass is 35.5. The number of fused-ring (bicyclic) bond motifs is 1. The first-order valence-electron chi connectivity index (χ1n) is 5.02. The molecule has 0 fully saturated rings. The Morgan fingerprint density at radius 2 is 2.33 bits per heavy atom. The quantitative estimate of drug-likeness (QED) is 0.722. The number of aryl methyl sites for hydroxylation is 1. The van der Waals surface area contributed by atoms with Crippen LogP contribution in [0.3, 0.4) is 0 Å². The molecule has 2 nitrogen and oxygen atoms in total. The normalized spacial score (nSPS) is 24.7. The van der Waals surface area contributed by atoms with Crippen LogP contribution in [0.15, 0.2) is 18.2 Å². The Morgan fingerprint density at radius 1 is 1.53 bits per heavy atom. The minimum absolute atomic E-state index is 0.714. The second-order valence-corrected chi connectivity index (χ2v) is 4.30. The van der Waals surface area contributed by atoms with Gasteiger partial charge in [0, 0.05) is 12.1 Å². The number of carbonyl (C=O) groups excluding carboxylic acids is 1. The fourth-order valence-corrected chi connectivity index (χ4v) is 2.44. The number of aldehydes is 1. The number of ether oxygens (including phenoxy) is 1. The van der Waals surface area contributed by atoms with Crippen LogP contribution in [-0.2, 0) is 21.6 Å². The highest BCUT2D eigenvalue weighted by Gasteiger charge is 2.36. The van der Waals surface area contributed by atoms with Crippen molar-refractivity contribution in [3.8, 4) is 0 Å². The molecule has 0 saturated heterocycles. The number of benzene rings is 1. The summed E-state index contributed by atoms with van der Waals surface area (Å²) in [7, 11) is 1.58. The van der Waals surface area contributed by atoms with Crippen LogP contribution in [-0.4, -0.2) is 13.4 Å². The Balaban J connectivity index is 2.55. The summed E-state index contributed by atoms with van der Waals surface area (Å²) in [6, 6.07) is 5.63. The fraction of sp³-hybridized carbons (Fsp3) is 0.417. The molecule has 1 atom stereocenters. The molecule has 3 heteroatoms. The van der Waals surface area contributed by atoms with Crippen LogP contribution in [0.2, 0.25) is 5.02 Å². The van der Waals surface area contributed by atoms with Gasteiger partial charge in [-0.15, -0.1) is 0 Å². The molecule has 0 aliphatic heterocycles. The molecule has 1 aliphatic rings. The van der Waals surface area contributed by atoms with Crippen LogP contribution in [0.4, 0.5) is 0 Å². The molecule has 0 N–H and O–H groups in total. The van der Waals surface area contributed by atoms with Crippen molar-refractivity contribution in [1.82, 2.24) is 0 Å². The third-order valence-corrected chi connectivity index (χ3v) is 3.31. The SMILES string of the molecule is COC1(C=O)CCCc2cc(Cl)ccc21. The van der Waals surface area contributed by atoms with Crippen molar-refractivity contribution in [3.63, 3.8) is 0 Å². The van der Waals surface area contributed by atoms with E-state index in [1.807, 2.05) is 18.2 Å². The van der Waals surface area contributed by atoms with Gasteiger partial charge in [-0.1, -0.05) is 17.7 Å². The summed E-state index contributed by atoms with van der Waals surface area (Å²) in [6.07, 6.45) is 3.58. The van der Waals surface area contributed by atoms with Crippen molar-refractivity contribution in [2.45, 2.75) is 24.9 Å². The number of methoxy groups -OCH3 is 1. The van der Waals surface area contributed by atoms with Gasteiger partial charge in [0.05, 0.1) is 0 Å². The van der Waals surface area contributed by atoms with Crippen molar-refractivity contribution in [3.05, 3.63) is 34.3 Å². The van der Waals surface area contributed by atoms with Gasteiger partial charge >= 0.3 is 0 Å². The standard InChI is InChI=1S/C12H13ClO2/c1-15-12(8-14)6-2-3-9-7-10(13)4-5-11(9)12/h4-5,7-8H,2-3,6H2,1H3. The van der Waals surface area contributed by atoms with Crippen molar-refractivity contribution in [2.24, 2.45) is 0 Å². The van der Waals surface area contributed by atoms with Crippen molar-refractivity contribution < 1.29 is 9.53 Å². The molecule has 1 aromatic carbocycles. The maximum Gasteiger partial charge on any atom is 0.156 e. The molecule has 0 radical (unpaired) electrons. The first kappa shape index (κ1) is 10.7. The van der Waals surface area contributed by atoms with Gasteiger partial charge < -0.3 is 4.74 Å². The molecule has 0 spiro atoms. The average molecular weight is 225 g/mol. The number of carbonyl (C=O) groups is 1. The number of rotatable bonds is 2. The topological polar surface area (TPSA) is 26.3 Å². The van der Waals surface area contributed by atoms with E-state index >= 15 is 0 Å². The van der Waals surface area contributed by atoms with Crippen LogP contribution in [0.1, 0.15) is 24.0 Å². The van der Waals surface area contributed by atoms with Gasteiger partial charge in [0.1, 0.15) is 5.60 Å². The van der Waals surface area contributed by atoms with Gasteiger partial charge in [-0.25, -0.2) is 0 Å². The van der Waals surface area contributed by atoms with Gasteiger partial charge in [-0.2, -0.15) is 0 Å². The Morgan fingerprint density at radius 3 is 3.00 bits per heavy atom. The van der Waals surface area contributed by atoms with Gasteiger partial charge in [0.25, 0.3) is 0 Å². The van der Waals surface area contributed by atoms with Gasteiger partial charge in [-0.05, 0) is 42.5 Å². The largest absolute Gasteiger partial charge is 0.366 e. The molecule has 80 valence electrons. The third kappa shape index (κ3) is 1.68. The fourth-order valence-electron chi connectivity index (χ4n) is 2.24. The predicted molar refractivity (Wildman–Crippen MR) is 59.1 cm³/mol. The Labute approximate surface area is 94.2 Å². The van der Waals surface area contributed by atoms with E-state index in [0.717, 1.165) is 36.7 Å². The molecule has 0 saturated carbocycles. The van der Waals surface area contributed by atoms with Crippen molar-refractivity contribution in [2.75, 3.05) is 7.11 Å². The smallest absolute Gasteiger partial charge is 0.156 e. The van der Waals surface area contributed by atoms with Crippen LogP contribution in [0.5, 0.6) is 0 Å². The summed E-state index contributed by atoms with van der Waals surface area (Å²) in [5, 5.41) is 0.714. The first-order chi connectivity index (χ1) is 7.22. The van der Waals surface area contributed by atoms with E-state index in [4.69, 9.17) is 16.3 Å². The second kappa shape index (κ2) is 3.95. The number of hydrogen-bond acceptors (Lipinski definition) is 2. The Hall–Kier alpha value is -0.860. The molecule has 15 heavy (non-hydrogen) atoms. The lowest BCUT2D eigenvalue weighted by Crippen LogP contribution is -2.34. The minimum Gasteiger partial charge on any atom is -0.366 e. The van der Waals surface area contributed by atoms with E-state index in [0.29, 0.717) is 5.02 Å². The monoisotopic (exact) mass is 224 g/mol. The van der Waals surface area contributed by atoms with Crippen LogP contribution >= 0.6 is 11.6 Å². The summed E-state index contributed by atoms with van der Waals surface area (Å²) in [6.45, 7) is 0. The molecule has 0 heterocycles. The molecule has 2 rings (SSSR count). The van der Waals surface area contributed by atoms with Crippen molar-refractivity contribution in [1.29, 1.82) is 0 Å². The Kier molecular flexibility index (Phi) is 2.81. The average Bonchev–Trinajstić information content (AvgIpc) is 2.27. The summed E-state index contributed by atoms with van der Waals surface area (Å²) in [5.41, 5.74) is 1.34. The zero-order valence-corrected chi connectivity index (χ0v) is 9.38. The van der Waals surface area contributed by atoms with Crippen LogP contribution < -0.4 is 0 Å². The predicted octanol–water partition coefficient (Wildman–Crippen LogP) is 2.72. The van der Waals surface area contributed by atoms with Crippen molar-refractivity contribution >= 4 is 17.9 Å². The second-order valence-electron chi connectivity index (χ2n) is 3.87. The van der Waals surface area contributed by atoms with E-state index in [-0.39, 0.29) is 0 Å². The maximum absolute atomic E-state index is 11.2. The van der Waals surface area contributed by atoms with E-state index in [1.165, 1.54) is 0 Å². The highest BCUT2D eigenvalue weighted by Crippen LogP contribution is 2.37. The van der Waals surface area contributed by atoms with E-state index < -0.39 is 5.60 Å². The van der Waals surface area contributed by atoms with Gasteiger partial charge in [0.15, 0.2) is 6.29 Å². The Bertz CT molecular complexity index is 389. The van der Waals surface area contributed by atoms with Gasteiger partial charge in [0.2, 0.25) is 0 Å². The molecule has 0 amide bonds. The molecule has 0 aromatic heterocycles. The highest BCUT2D eigenvalue weighted by molar-refractivity contribution is 6.30. The summed E-state index contributed by atoms with van der Waals surface area (Å²) in [5.74, 6) is 0. The summed E-state index contributed by atoms with van der Waals surface area (Å²) >= 11 is 5.93. The van der Waals surface area contributed by atoms with Crippen LogP contribution in [0, 0.1) is 0 Å². The summed E-state index contributed by atoms with van der Waals surface area (Å²) in [4.78, 5) is 11.2. The third-order valence-electron chi connectivity index (χ3n) is 3.07. The number of halogens is 1. The van der Waals surface area contributed by atoms with Gasteiger partial charge in [-0.3, -0.25) is 4.79 Å². The van der Waals surface area contributed by atoms with E-state index in [2.05, 4.69) is 0 Å². The van der Waals surface area contributed by atoms with E-state index in [1.54, 1.807) is 7.11 Å².